The van der Waals surface area contributed by atoms with Crippen molar-refractivity contribution in [3.05, 3.63) is 52.0 Å². The predicted molar refractivity (Wildman–Crippen MR) is 134 cm³/mol. The first-order valence-electron chi connectivity index (χ1n) is 11.5. The van der Waals surface area contributed by atoms with Gasteiger partial charge in [-0.2, -0.15) is 4.31 Å². The molecule has 1 saturated carbocycles. The molecule has 0 N–H and O–H groups in total. The minimum Gasteiger partial charge on any atom is -0.379 e. The first-order valence-corrected chi connectivity index (χ1v) is 14.7. The van der Waals surface area contributed by atoms with Crippen molar-refractivity contribution < 1.29 is 13.2 Å². The molecule has 1 aliphatic carbocycles. The molecule has 0 bridgehead atoms. The maximum absolute atomic E-state index is 12.9. The van der Waals surface area contributed by atoms with Crippen LogP contribution < -0.4 is 4.80 Å². The molecule has 2 aliphatic rings. The molecule has 33 heavy (non-hydrogen) atoms. The third-order valence-electron chi connectivity index (χ3n) is 6.58. The first-order chi connectivity index (χ1) is 16.0. The highest BCUT2D eigenvalue weighted by molar-refractivity contribution is 7.89. The van der Waals surface area contributed by atoms with Gasteiger partial charge in [0.05, 0.1) is 34.4 Å². The number of ether oxygens (including phenoxy) is 1. The summed E-state index contributed by atoms with van der Waals surface area (Å²) < 4.78 is 35.1. The summed E-state index contributed by atoms with van der Waals surface area (Å²) in [5, 5.41) is 4.33. The highest BCUT2D eigenvalue weighted by Crippen LogP contribution is 2.37. The molecular formula is C24H29N3O3S3. The smallest absolute Gasteiger partial charge is 0.243 e. The van der Waals surface area contributed by atoms with Crippen molar-refractivity contribution in [1.82, 2.24) is 8.87 Å². The lowest BCUT2D eigenvalue weighted by Crippen LogP contribution is -2.40. The number of thiazole rings is 1. The molecule has 5 rings (SSSR count). The van der Waals surface area contributed by atoms with Gasteiger partial charge < -0.3 is 9.30 Å². The van der Waals surface area contributed by atoms with E-state index < -0.39 is 10.0 Å². The Hall–Kier alpha value is -1.78. The minimum absolute atomic E-state index is 0.308. The highest BCUT2D eigenvalue weighted by atomic mass is 32.2. The number of benzene rings is 1. The molecule has 6 nitrogen and oxygen atoms in total. The van der Waals surface area contributed by atoms with Crippen molar-refractivity contribution in [3.8, 4) is 10.6 Å². The van der Waals surface area contributed by atoms with Crippen LogP contribution in [0.3, 0.4) is 0 Å². The van der Waals surface area contributed by atoms with E-state index >= 15 is 0 Å². The summed E-state index contributed by atoms with van der Waals surface area (Å²) in [5.41, 5.74) is 2.01. The van der Waals surface area contributed by atoms with Crippen molar-refractivity contribution >= 4 is 38.4 Å². The number of morpholine rings is 1. The van der Waals surface area contributed by atoms with Crippen molar-refractivity contribution in [2.24, 2.45) is 10.9 Å². The molecule has 1 saturated heterocycles. The van der Waals surface area contributed by atoms with E-state index in [1.807, 2.05) is 12.1 Å². The zero-order valence-electron chi connectivity index (χ0n) is 18.7. The zero-order valence-corrected chi connectivity index (χ0v) is 21.2. The summed E-state index contributed by atoms with van der Waals surface area (Å²) in [6.45, 7) is 4.03. The lowest BCUT2D eigenvalue weighted by Gasteiger charge is -2.31. The van der Waals surface area contributed by atoms with Gasteiger partial charge in [0.15, 0.2) is 4.80 Å². The van der Waals surface area contributed by atoms with Crippen LogP contribution in [0.4, 0.5) is 5.69 Å². The summed E-state index contributed by atoms with van der Waals surface area (Å²) in [4.78, 5) is 7.52. The Morgan fingerprint density at radius 3 is 2.48 bits per heavy atom. The minimum atomic E-state index is -3.50. The number of aromatic nitrogens is 1. The number of thiophene rings is 1. The van der Waals surface area contributed by atoms with Crippen molar-refractivity contribution in [1.29, 1.82) is 0 Å². The molecule has 1 aromatic carbocycles. The molecule has 9 heteroatoms. The highest BCUT2D eigenvalue weighted by Gasteiger charge is 2.27. The van der Waals surface area contributed by atoms with Crippen molar-refractivity contribution in [2.75, 3.05) is 26.3 Å². The van der Waals surface area contributed by atoms with Crippen molar-refractivity contribution in [2.45, 2.75) is 43.5 Å². The Labute approximate surface area is 203 Å². The van der Waals surface area contributed by atoms with E-state index in [2.05, 4.69) is 34.4 Å². The molecule has 3 aromatic rings. The van der Waals surface area contributed by atoms with E-state index in [4.69, 9.17) is 9.73 Å². The molecule has 2 unspecified atom stereocenters. The predicted octanol–water partition coefficient (Wildman–Crippen LogP) is 5.28. The maximum atomic E-state index is 12.9. The van der Waals surface area contributed by atoms with E-state index in [1.165, 1.54) is 40.6 Å². The normalized spacial score (nSPS) is 23.1. The molecule has 1 aliphatic heterocycles. The van der Waals surface area contributed by atoms with Gasteiger partial charge in [-0.1, -0.05) is 25.8 Å². The second kappa shape index (κ2) is 9.84. The Kier molecular flexibility index (Phi) is 6.85. The average molecular weight is 504 g/mol. The molecule has 2 atom stereocenters. The average Bonchev–Trinajstić information content (AvgIpc) is 3.51. The van der Waals surface area contributed by atoms with Crippen LogP contribution in [-0.2, 0) is 14.8 Å². The largest absolute Gasteiger partial charge is 0.379 e. The van der Waals surface area contributed by atoms with E-state index in [1.54, 1.807) is 34.8 Å². The second-order valence-corrected chi connectivity index (χ2v) is 12.4. The van der Waals surface area contributed by atoms with Gasteiger partial charge in [-0.15, -0.1) is 22.7 Å². The van der Waals surface area contributed by atoms with Crippen LogP contribution in [0, 0.1) is 5.92 Å². The second-order valence-electron chi connectivity index (χ2n) is 8.70. The molecule has 0 spiro atoms. The van der Waals surface area contributed by atoms with Crippen LogP contribution in [-0.4, -0.2) is 43.6 Å². The van der Waals surface area contributed by atoms with Gasteiger partial charge in [-0.25, -0.2) is 13.4 Å². The maximum Gasteiger partial charge on any atom is 0.243 e. The lowest BCUT2D eigenvalue weighted by atomic mass is 9.85. The van der Waals surface area contributed by atoms with Gasteiger partial charge >= 0.3 is 0 Å². The van der Waals surface area contributed by atoms with Crippen LogP contribution in [0.2, 0.25) is 0 Å². The summed E-state index contributed by atoms with van der Waals surface area (Å²) in [6.07, 6.45) is 4.95. The SMILES string of the molecule is CC1CCCCC1n1c(-c2cccs2)csc1=Nc1ccc(S(=O)(=O)N2CCOCC2)cc1. The van der Waals surface area contributed by atoms with Crippen LogP contribution in [0.25, 0.3) is 10.6 Å². The van der Waals surface area contributed by atoms with E-state index in [0.29, 0.717) is 43.2 Å². The van der Waals surface area contributed by atoms with Gasteiger partial charge in [0, 0.05) is 24.5 Å². The summed E-state index contributed by atoms with van der Waals surface area (Å²) in [5.74, 6) is 0.604. The van der Waals surface area contributed by atoms with E-state index in [-0.39, 0.29) is 0 Å². The quantitative estimate of drug-likeness (QED) is 0.476. The Balaban J connectivity index is 1.50. The molecule has 0 radical (unpaired) electrons. The molecule has 3 heterocycles. The molecule has 2 aromatic heterocycles. The summed E-state index contributed by atoms with van der Waals surface area (Å²) >= 11 is 3.42. The fourth-order valence-corrected chi connectivity index (χ4v) is 7.93. The van der Waals surface area contributed by atoms with Gasteiger partial charge in [-0.3, -0.25) is 0 Å². The number of nitrogens with zero attached hydrogens (tertiary/aromatic N) is 3. The van der Waals surface area contributed by atoms with Gasteiger partial charge in [0.1, 0.15) is 0 Å². The van der Waals surface area contributed by atoms with Crippen molar-refractivity contribution in [3.63, 3.8) is 0 Å². The standard InChI is InChI=1S/C24H29N3O3S3/c1-18-5-2-3-6-21(18)27-22(23-7-4-16-31-23)17-32-24(27)25-19-8-10-20(11-9-19)33(28,29)26-12-14-30-15-13-26/h4,7-11,16-18,21H,2-3,5-6,12-15H2,1H3. The van der Waals surface area contributed by atoms with Crippen LogP contribution >= 0.6 is 22.7 Å². The number of rotatable bonds is 5. The van der Waals surface area contributed by atoms with Gasteiger partial charge in [0.2, 0.25) is 10.0 Å². The Morgan fingerprint density at radius 2 is 1.79 bits per heavy atom. The zero-order chi connectivity index (χ0) is 22.8. The molecule has 176 valence electrons. The third-order valence-corrected chi connectivity index (χ3v) is 10.2. The van der Waals surface area contributed by atoms with Crippen LogP contribution in [0.5, 0.6) is 0 Å². The lowest BCUT2D eigenvalue weighted by molar-refractivity contribution is 0.0730. The van der Waals surface area contributed by atoms with Crippen LogP contribution in [0.1, 0.15) is 38.6 Å². The monoisotopic (exact) mass is 503 g/mol. The molecule has 0 amide bonds. The number of hydrogen-bond acceptors (Lipinski definition) is 6. The molecule has 2 fully saturated rings. The number of hydrogen-bond donors (Lipinski definition) is 0. The van der Waals surface area contributed by atoms with E-state index in [9.17, 15) is 8.42 Å². The summed E-state index contributed by atoms with van der Waals surface area (Å²) in [7, 11) is -3.50. The Morgan fingerprint density at radius 1 is 1.03 bits per heavy atom. The van der Waals surface area contributed by atoms with Crippen LogP contribution in [0.15, 0.2) is 57.0 Å². The van der Waals surface area contributed by atoms with Gasteiger partial charge in [-0.05, 0) is 54.5 Å². The fraction of sp³-hybridized carbons (Fsp3) is 0.458. The van der Waals surface area contributed by atoms with E-state index in [0.717, 1.165) is 10.5 Å². The third kappa shape index (κ3) is 4.74. The number of sulfonamides is 1. The summed E-state index contributed by atoms with van der Waals surface area (Å²) in [6, 6.07) is 11.7. The first kappa shape index (κ1) is 23.0. The van der Waals surface area contributed by atoms with Gasteiger partial charge in [0.25, 0.3) is 0 Å². The fourth-order valence-electron chi connectivity index (χ4n) is 4.75. The topological polar surface area (TPSA) is 63.9 Å². The molecular weight excluding hydrogens is 474 g/mol. The Bertz CT molecular complexity index is 1240.